The zero-order valence-corrected chi connectivity index (χ0v) is 11.9. The van der Waals surface area contributed by atoms with Gasteiger partial charge in [-0.25, -0.2) is 14.0 Å². The van der Waals surface area contributed by atoms with Gasteiger partial charge in [0.05, 0.1) is 19.3 Å². The highest BCUT2D eigenvalue weighted by Crippen LogP contribution is 2.45. The van der Waals surface area contributed by atoms with Crippen molar-refractivity contribution in [1.29, 1.82) is 0 Å². The van der Waals surface area contributed by atoms with E-state index in [1.165, 1.54) is 6.07 Å². The second kappa shape index (κ2) is 6.22. The summed E-state index contributed by atoms with van der Waals surface area (Å²) in [6.45, 7) is 3.49. The first-order chi connectivity index (χ1) is 10.0. The third-order valence-corrected chi connectivity index (χ3v) is 3.28. The average Bonchev–Trinajstić information content (AvgIpc) is 2.40. The fourth-order valence-corrected chi connectivity index (χ4v) is 2.25. The van der Waals surface area contributed by atoms with E-state index in [-0.39, 0.29) is 19.6 Å². The van der Waals surface area contributed by atoms with Crippen molar-refractivity contribution >= 4 is 11.9 Å². The van der Waals surface area contributed by atoms with Gasteiger partial charge in [-0.05, 0) is 19.9 Å². The number of esters is 2. The second-order valence-corrected chi connectivity index (χ2v) is 4.60. The minimum Gasteiger partial charge on any atom is -0.463 e. The number of rotatable bonds is 5. The second-order valence-electron chi connectivity index (χ2n) is 4.60. The lowest BCUT2D eigenvalue weighted by Crippen LogP contribution is -2.59. The lowest BCUT2D eigenvalue weighted by atomic mass is 9.85. The minimum absolute atomic E-state index is 0.00556. The molecule has 0 bridgehead atoms. The van der Waals surface area contributed by atoms with Crippen molar-refractivity contribution < 1.29 is 28.2 Å². The zero-order chi connectivity index (χ0) is 15.5. The Labute approximate surface area is 122 Å². The van der Waals surface area contributed by atoms with Gasteiger partial charge < -0.3 is 14.2 Å². The molecule has 0 amide bonds. The molecule has 6 heteroatoms. The number of hydrogen-bond acceptors (Lipinski definition) is 5. The van der Waals surface area contributed by atoms with Crippen LogP contribution in [0.4, 0.5) is 4.39 Å². The summed E-state index contributed by atoms with van der Waals surface area (Å²) in [6, 6.07) is 6.07. The van der Waals surface area contributed by atoms with Gasteiger partial charge in [0.1, 0.15) is 5.82 Å². The molecule has 0 saturated carbocycles. The molecule has 1 aromatic rings. The molecule has 21 heavy (non-hydrogen) atoms. The highest BCUT2D eigenvalue weighted by atomic mass is 19.1. The SMILES string of the molecule is CCOC(=O)C1(C(=O)OCC)C[C@H](c2ccccc2F)O1. The normalized spacial score (nSPS) is 19.5. The van der Waals surface area contributed by atoms with Gasteiger partial charge >= 0.3 is 11.9 Å². The van der Waals surface area contributed by atoms with Gasteiger partial charge in [0.15, 0.2) is 0 Å². The van der Waals surface area contributed by atoms with E-state index < -0.39 is 29.5 Å². The van der Waals surface area contributed by atoms with E-state index in [9.17, 15) is 14.0 Å². The van der Waals surface area contributed by atoms with E-state index in [0.717, 1.165) is 0 Å². The molecule has 0 aliphatic carbocycles. The van der Waals surface area contributed by atoms with Gasteiger partial charge in [0.25, 0.3) is 5.60 Å². The number of carbonyl (C=O) groups excluding carboxylic acids is 2. The lowest BCUT2D eigenvalue weighted by molar-refractivity contribution is -0.238. The summed E-state index contributed by atoms with van der Waals surface area (Å²) in [6.07, 6.45) is -0.661. The molecule has 1 heterocycles. The Morgan fingerprint density at radius 2 is 1.76 bits per heavy atom. The fourth-order valence-electron chi connectivity index (χ4n) is 2.25. The Kier molecular flexibility index (Phi) is 4.57. The molecule has 1 atom stereocenters. The third-order valence-electron chi connectivity index (χ3n) is 3.28. The predicted octanol–water partition coefficient (Wildman–Crippen LogP) is 2.15. The summed E-state index contributed by atoms with van der Waals surface area (Å²) in [5, 5.41) is 0. The monoisotopic (exact) mass is 296 g/mol. The van der Waals surface area contributed by atoms with E-state index in [2.05, 4.69) is 0 Å². The van der Waals surface area contributed by atoms with Crippen LogP contribution in [-0.4, -0.2) is 30.8 Å². The van der Waals surface area contributed by atoms with Gasteiger partial charge in [-0.2, -0.15) is 0 Å². The number of benzene rings is 1. The summed E-state index contributed by atoms with van der Waals surface area (Å²) in [4.78, 5) is 24.0. The van der Waals surface area contributed by atoms with Gasteiger partial charge in [-0.1, -0.05) is 18.2 Å². The molecule has 0 unspecified atom stereocenters. The third kappa shape index (κ3) is 2.76. The first kappa shape index (κ1) is 15.4. The van der Waals surface area contributed by atoms with Crippen LogP contribution in [-0.2, 0) is 23.8 Å². The molecule has 5 nitrogen and oxygen atoms in total. The molecular formula is C15H17FO5. The highest BCUT2D eigenvalue weighted by molar-refractivity contribution is 6.04. The van der Waals surface area contributed by atoms with E-state index in [1.54, 1.807) is 32.0 Å². The van der Waals surface area contributed by atoms with Crippen molar-refractivity contribution in [2.75, 3.05) is 13.2 Å². The Balaban J connectivity index is 2.18. The van der Waals surface area contributed by atoms with Crippen LogP contribution >= 0.6 is 0 Å². The van der Waals surface area contributed by atoms with Gasteiger partial charge in [-0.3, -0.25) is 0 Å². The zero-order valence-electron chi connectivity index (χ0n) is 11.9. The maximum Gasteiger partial charge on any atom is 0.350 e. The molecule has 1 aromatic carbocycles. The van der Waals surface area contributed by atoms with Gasteiger partial charge in [-0.15, -0.1) is 0 Å². The van der Waals surface area contributed by atoms with Crippen LogP contribution in [0.3, 0.4) is 0 Å². The van der Waals surface area contributed by atoms with Crippen LogP contribution in [0.1, 0.15) is 31.9 Å². The standard InChI is InChI=1S/C15H17FO5/c1-3-19-13(17)15(14(18)20-4-2)9-12(21-15)10-7-5-6-8-11(10)16/h5-8,12H,3-4,9H2,1-2H3/t12-/m1/s1. The Hall–Kier alpha value is -1.95. The molecule has 1 fully saturated rings. The molecule has 0 radical (unpaired) electrons. The molecule has 0 N–H and O–H groups in total. The summed E-state index contributed by atoms with van der Waals surface area (Å²) < 4.78 is 28.9. The largest absolute Gasteiger partial charge is 0.463 e. The van der Waals surface area contributed by atoms with E-state index in [4.69, 9.17) is 14.2 Å². The summed E-state index contributed by atoms with van der Waals surface area (Å²) >= 11 is 0. The number of ether oxygens (including phenoxy) is 3. The molecule has 1 aliphatic rings. The minimum atomic E-state index is -1.78. The Bertz CT molecular complexity index is 517. The van der Waals surface area contributed by atoms with Crippen molar-refractivity contribution in [2.45, 2.75) is 32.0 Å². The maximum atomic E-state index is 13.7. The average molecular weight is 296 g/mol. The smallest absolute Gasteiger partial charge is 0.350 e. The van der Waals surface area contributed by atoms with Crippen LogP contribution < -0.4 is 0 Å². The van der Waals surface area contributed by atoms with Gasteiger partial charge in [0, 0.05) is 12.0 Å². The fraction of sp³-hybridized carbons (Fsp3) is 0.467. The molecule has 2 rings (SSSR count). The van der Waals surface area contributed by atoms with Crippen LogP contribution in [0, 0.1) is 5.82 Å². The quantitative estimate of drug-likeness (QED) is 0.615. The highest BCUT2D eigenvalue weighted by Gasteiger charge is 2.61. The van der Waals surface area contributed by atoms with Gasteiger partial charge in [0.2, 0.25) is 0 Å². The summed E-state index contributed by atoms with van der Waals surface area (Å²) in [5.74, 6) is -2.03. The van der Waals surface area contributed by atoms with E-state index in [1.807, 2.05) is 0 Å². The van der Waals surface area contributed by atoms with Crippen LogP contribution in [0.2, 0.25) is 0 Å². The Morgan fingerprint density at radius 1 is 1.24 bits per heavy atom. The molecule has 0 aromatic heterocycles. The molecule has 114 valence electrons. The topological polar surface area (TPSA) is 61.8 Å². The van der Waals surface area contributed by atoms with Crippen molar-refractivity contribution in [3.63, 3.8) is 0 Å². The summed E-state index contributed by atoms with van der Waals surface area (Å²) in [7, 11) is 0. The number of halogens is 1. The predicted molar refractivity (Wildman–Crippen MR) is 70.8 cm³/mol. The first-order valence-corrected chi connectivity index (χ1v) is 6.81. The van der Waals surface area contributed by atoms with Crippen molar-refractivity contribution in [3.05, 3.63) is 35.6 Å². The lowest BCUT2D eigenvalue weighted by Gasteiger charge is -2.43. The number of carbonyl (C=O) groups is 2. The number of hydrogen-bond donors (Lipinski definition) is 0. The summed E-state index contributed by atoms with van der Waals surface area (Å²) in [5.41, 5.74) is -1.47. The molecule has 1 aliphatic heterocycles. The molecular weight excluding hydrogens is 279 g/mol. The van der Waals surface area contributed by atoms with Crippen LogP contribution in [0.5, 0.6) is 0 Å². The Morgan fingerprint density at radius 3 is 2.24 bits per heavy atom. The van der Waals surface area contributed by atoms with Crippen LogP contribution in [0.25, 0.3) is 0 Å². The van der Waals surface area contributed by atoms with E-state index >= 15 is 0 Å². The van der Waals surface area contributed by atoms with Crippen molar-refractivity contribution in [1.82, 2.24) is 0 Å². The van der Waals surface area contributed by atoms with Crippen molar-refractivity contribution in [3.8, 4) is 0 Å². The van der Waals surface area contributed by atoms with Crippen molar-refractivity contribution in [2.24, 2.45) is 0 Å². The molecule has 0 spiro atoms. The van der Waals surface area contributed by atoms with E-state index in [0.29, 0.717) is 5.56 Å². The first-order valence-electron chi connectivity index (χ1n) is 6.81. The maximum absolute atomic E-state index is 13.7. The molecule has 1 saturated heterocycles. The van der Waals surface area contributed by atoms with Crippen LogP contribution in [0.15, 0.2) is 24.3 Å².